The summed E-state index contributed by atoms with van der Waals surface area (Å²) in [5, 5.41) is 1.12. The molecule has 2 nitrogen and oxygen atoms in total. The van der Waals surface area contributed by atoms with Crippen LogP contribution in [0.1, 0.15) is 24.0 Å². The lowest BCUT2D eigenvalue weighted by Crippen LogP contribution is -2.08. The Kier molecular flexibility index (Phi) is 5.30. The van der Waals surface area contributed by atoms with Crippen LogP contribution >= 0.6 is 23.2 Å². The molecule has 2 rings (SSSR count). The lowest BCUT2D eigenvalue weighted by Gasteiger charge is -2.11. The zero-order valence-electron chi connectivity index (χ0n) is 11.3. The van der Waals surface area contributed by atoms with Crippen molar-refractivity contribution in [3.63, 3.8) is 0 Å². The Bertz CT molecular complexity index is 569. The van der Waals surface area contributed by atoms with Crippen LogP contribution in [0.4, 0.5) is 0 Å². The van der Waals surface area contributed by atoms with E-state index in [4.69, 9.17) is 33.7 Å². The molecule has 0 radical (unpaired) electrons. The molecule has 2 aromatic rings. The average Bonchev–Trinajstić information content (AvgIpc) is 2.46. The molecule has 0 bridgehead atoms. The molecule has 20 heavy (non-hydrogen) atoms. The molecule has 2 aromatic carbocycles. The summed E-state index contributed by atoms with van der Waals surface area (Å²) >= 11 is 11.9. The van der Waals surface area contributed by atoms with Crippen molar-refractivity contribution in [1.82, 2.24) is 0 Å². The quantitative estimate of drug-likeness (QED) is 0.873. The molecule has 0 aliphatic carbocycles. The Morgan fingerprint density at radius 1 is 1.10 bits per heavy atom. The van der Waals surface area contributed by atoms with Gasteiger partial charge in [-0.05, 0) is 41.8 Å². The predicted molar refractivity (Wildman–Crippen MR) is 84.7 cm³/mol. The van der Waals surface area contributed by atoms with E-state index in [9.17, 15) is 0 Å². The molecule has 1 unspecified atom stereocenters. The third-order valence-electron chi connectivity index (χ3n) is 3.19. The Labute approximate surface area is 129 Å². The number of ether oxygens (including phenoxy) is 1. The number of halogens is 2. The number of nitrogens with two attached hydrogens (primary N) is 1. The summed E-state index contributed by atoms with van der Waals surface area (Å²) in [6, 6.07) is 13.5. The van der Waals surface area contributed by atoms with Gasteiger partial charge in [-0.1, -0.05) is 54.4 Å². The largest absolute Gasteiger partial charge is 0.487 e. The van der Waals surface area contributed by atoms with Crippen LogP contribution in [-0.4, -0.2) is 6.54 Å². The van der Waals surface area contributed by atoms with Gasteiger partial charge in [0.1, 0.15) is 12.4 Å². The summed E-state index contributed by atoms with van der Waals surface area (Å²) < 4.78 is 5.69. The Morgan fingerprint density at radius 2 is 1.80 bits per heavy atom. The van der Waals surface area contributed by atoms with Crippen molar-refractivity contribution in [2.45, 2.75) is 19.4 Å². The van der Waals surface area contributed by atoms with Crippen molar-refractivity contribution in [2.24, 2.45) is 5.73 Å². The minimum Gasteiger partial charge on any atom is -0.487 e. The van der Waals surface area contributed by atoms with Crippen LogP contribution in [0.5, 0.6) is 5.75 Å². The van der Waals surface area contributed by atoms with Gasteiger partial charge < -0.3 is 10.5 Å². The highest BCUT2D eigenvalue weighted by Gasteiger charge is 2.05. The van der Waals surface area contributed by atoms with Crippen LogP contribution in [0.3, 0.4) is 0 Å². The van der Waals surface area contributed by atoms with Crippen molar-refractivity contribution >= 4 is 23.2 Å². The molecule has 106 valence electrons. The smallest absolute Gasteiger partial charge is 0.138 e. The first-order chi connectivity index (χ1) is 9.60. The van der Waals surface area contributed by atoms with E-state index >= 15 is 0 Å². The van der Waals surface area contributed by atoms with E-state index in [1.165, 1.54) is 5.56 Å². The Morgan fingerprint density at radius 3 is 2.40 bits per heavy atom. The number of hydrogen-bond acceptors (Lipinski definition) is 2. The minimum atomic E-state index is 0.371. The fraction of sp³-hybridized carbons (Fsp3) is 0.250. The maximum Gasteiger partial charge on any atom is 0.138 e. The van der Waals surface area contributed by atoms with Crippen molar-refractivity contribution in [1.29, 1.82) is 0 Å². The molecule has 0 saturated carbocycles. The van der Waals surface area contributed by atoms with Crippen LogP contribution in [0.25, 0.3) is 0 Å². The lowest BCUT2D eigenvalue weighted by molar-refractivity contribution is 0.306. The standard InChI is InChI=1S/C16H17Cl2NO/c1-11(9-19)13-4-2-12(3-5-13)10-20-16-7-6-14(17)8-15(16)18/h2-8,11H,9-10,19H2,1H3. The van der Waals surface area contributed by atoms with Gasteiger partial charge in [0, 0.05) is 5.02 Å². The van der Waals surface area contributed by atoms with Gasteiger partial charge in [0.05, 0.1) is 5.02 Å². The van der Waals surface area contributed by atoms with Crippen LogP contribution in [0, 0.1) is 0 Å². The average molecular weight is 310 g/mol. The number of rotatable bonds is 5. The van der Waals surface area contributed by atoms with Crippen LogP contribution in [0.2, 0.25) is 10.0 Å². The summed E-state index contributed by atoms with van der Waals surface area (Å²) in [5.41, 5.74) is 7.98. The van der Waals surface area contributed by atoms with E-state index in [-0.39, 0.29) is 0 Å². The molecule has 4 heteroatoms. The van der Waals surface area contributed by atoms with Gasteiger partial charge >= 0.3 is 0 Å². The highest BCUT2D eigenvalue weighted by molar-refractivity contribution is 6.35. The van der Waals surface area contributed by atoms with Crippen molar-refractivity contribution in [3.05, 3.63) is 63.6 Å². The molecule has 0 aliphatic heterocycles. The van der Waals surface area contributed by atoms with E-state index in [1.54, 1.807) is 18.2 Å². The fourth-order valence-electron chi connectivity index (χ4n) is 1.83. The van der Waals surface area contributed by atoms with Gasteiger partial charge in [-0.3, -0.25) is 0 Å². The fourth-order valence-corrected chi connectivity index (χ4v) is 2.29. The third kappa shape index (κ3) is 3.89. The summed E-state index contributed by atoms with van der Waals surface area (Å²) in [7, 11) is 0. The van der Waals surface area contributed by atoms with Gasteiger partial charge in [-0.25, -0.2) is 0 Å². The first-order valence-corrected chi connectivity index (χ1v) is 7.22. The van der Waals surface area contributed by atoms with Crippen LogP contribution in [0.15, 0.2) is 42.5 Å². The molecule has 0 heterocycles. The summed E-state index contributed by atoms with van der Waals surface area (Å²) in [6.45, 7) is 3.23. The third-order valence-corrected chi connectivity index (χ3v) is 3.72. The molecule has 2 N–H and O–H groups in total. The molecule has 0 aliphatic rings. The highest BCUT2D eigenvalue weighted by atomic mass is 35.5. The minimum absolute atomic E-state index is 0.371. The summed E-state index contributed by atoms with van der Waals surface area (Å²) in [4.78, 5) is 0. The first-order valence-electron chi connectivity index (χ1n) is 6.47. The normalized spacial score (nSPS) is 12.2. The van der Waals surface area contributed by atoms with E-state index in [2.05, 4.69) is 19.1 Å². The zero-order chi connectivity index (χ0) is 14.5. The van der Waals surface area contributed by atoms with Gasteiger partial charge in [-0.2, -0.15) is 0 Å². The van der Waals surface area contributed by atoms with Gasteiger partial charge in [0.15, 0.2) is 0 Å². The first kappa shape index (κ1) is 15.2. The van der Waals surface area contributed by atoms with Crippen LogP contribution < -0.4 is 10.5 Å². The maximum atomic E-state index is 6.06. The van der Waals surface area contributed by atoms with E-state index in [0.29, 0.717) is 34.9 Å². The lowest BCUT2D eigenvalue weighted by atomic mass is 10.0. The zero-order valence-corrected chi connectivity index (χ0v) is 12.8. The second-order valence-corrected chi connectivity index (χ2v) is 5.59. The van der Waals surface area contributed by atoms with E-state index in [0.717, 1.165) is 5.56 Å². The monoisotopic (exact) mass is 309 g/mol. The van der Waals surface area contributed by atoms with Crippen molar-refractivity contribution in [2.75, 3.05) is 6.54 Å². The molecule has 0 spiro atoms. The van der Waals surface area contributed by atoms with Crippen molar-refractivity contribution < 1.29 is 4.74 Å². The molecule has 0 amide bonds. The molecule has 0 fully saturated rings. The number of benzene rings is 2. The highest BCUT2D eigenvalue weighted by Crippen LogP contribution is 2.28. The molecule has 0 saturated heterocycles. The summed E-state index contributed by atoms with van der Waals surface area (Å²) in [6.07, 6.45) is 0. The number of hydrogen-bond donors (Lipinski definition) is 1. The van der Waals surface area contributed by atoms with Gasteiger partial charge in [0.25, 0.3) is 0 Å². The van der Waals surface area contributed by atoms with Crippen molar-refractivity contribution in [3.8, 4) is 5.75 Å². The van der Waals surface area contributed by atoms with Crippen LogP contribution in [-0.2, 0) is 6.61 Å². The second-order valence-electron chi connectivity index (χ2n) is 4.74. The molecular formula is C16H17Cl2NO. The molecule has 1 atom stereocenters. The van der Waals surface area contributed by atoms with E-state index < -0.39 is 0 Å². The van der Waals surface area contributed by atoms with E-state index in [1.807, 2.05) is 12.1 Å². The van der Waals surface area contributed by atoms with Gasteiger partial charge in [-0.15, -0.1) is 0 Å². The Balaban J connectivity index is 2.00. The van der Waals surface area contributed by atoms with Gasteiger partial charge in [0.2, 0.25) is 0 Å². The SMILES string of the molecule is CC(CN)c1ccc(COc2ccc(Cl)cc2Cl)cc1. The predicted octanol–water partition coefficient (Wildman–Crippen LogP) is 4.63. The molecule has 0 aromatic heterocycles. The molecular weight excluding hydrogens is 293 g/mol. The maximum absolute atomic E-state index is 6.06. The topological polar surface area (TPSA) is 35.2 Å². The summed E-state index contributed by atoms with van der Waals surface area (Å²) in [5.74, 6) is 1.01. The Hall–Kier alpha value is -1.22. The second kappa shape index (κ2) is 6.98.